The highest BCUT2D eigenvalue weighted by atomic mass is 19.1. The average molecular weight is 378 g/mol. The van der Waals surface area contributed by atoms with Crippen LogP contribution in [0.1, 0.15) is 16.7 Å². The molecule has 0 radical (unpaired) electrons. The van der Waals surface area contributed by atoms with Crippen LogP contribution < -0.4 is 16.0 Å². The van der Waals surface area contributed by atoms with E-state index in [0.717, 1.165) is 18.2 Å². The van der Waals surface area contributed by atoms with E-state index in [0.29, 0.717) is 11.1 Å². The third-order valence-corrected chi connectivity index (χ3v) is 4.03. The lowest BCUT2D eigenvalue weighted by Gasteiger charge is -2.14. The Labute approximate surface area is 158 Å². The Balaban J connectivity index is 2.12. The summed E-state index contributed by atoms with van der Waals surface area (Å²) in [5, 5.41) is 18.8. The fourth-order valence-electron chi connectivity index (χ4n) is 2.75. The summed E-state index contributed by atoms with van der Waals surface area (Å²) in [6.45, 7) is -0.195. The normalized spacial score (nSPS) is 10.1. The summed E-state index contributed by atoms with van der Waals surface area (Å²) < 4.78 is 32.5. The number of benzene rings is 2. The van der Waals surface area contributed by atoms with Crippen molar-refractivity contribution < 1.29 is 13.5 Å². The van der Waals surface area contributed by atoms with E-state index in [-0.39, 0.29) is 34.9 Å². The Bertz CT molecular complexity index is 1210. The van der Waals surface area contributed by atoms with E-state index in [1.807, 2.05) is 6.07 Å². The Hall–Kier alpha value is -4.17. The number of rotatable bonds is 4. The van der Waals surface area contributed by atoms with Crippen molar-refractivity contribution in [1.82, 2.24) is 4.98 Å². The maximum atomic E-state index is 13.8. The lowest BCUT2D eigenvalue weighted by molar-refractivity contribution is 0.289. The van der Waals surface area contributed by atoms with Crippen molar-refractivity contribution in [3.63, 3.8) is 0 Å². The predicted octanol–water partition coefficient (Wildman–Crippen LogP) is 3.22. The minimum Gasteiger partial charge on any atom is -0.486 e. The van der Waals surface area contributed by atoms with Crippen LogP contribution in [0.2, 0.25) is 0 Å². The number of anilines is 1. The second-order valence-corrected chi connectivity index (χ2v) is 5.74. The number of nitrogen functional groups attached to an aromatic ring is 1. The highest BCUT2D eigenvalue weighted by Gasteiger charge is 2.20. The summed E-state index contributed by atoms with van der Waals surface area (Å²) >= 11 is 0. The maximum Gasteiger partial charge on any atom is 0.268 e. The zero-order valence-electron chi connectivity index (χ0n) is 14.3. The number of ether oxygens (including phenoxy) is 1. The van der Waals surface area contributed by atoms with Gasteiger partial charge in [0.15, 0.2) is 11.6 Å². The molecule has 8 heteroatoms. The second kappa shape index (κ2) is 7.60. The van der Waals surface area contributed by atoms with E-state index in [2.05, 4.69) is 4.98 Å². The van der Waals surface area contributed by atoms with Crippen LogP contribution in [-0.4, -0.2) is 4.98 Å². The summed E-state index contributed by atoms with van der Waals surface area (Å²) in [5.41, 5.74) is 5.51. The van der Waals surface area contributed by atoms with Gasteiger partial charge in [0.25, 0.3) is 5.56 Å². The zero-order chi connectivity index (χ0) is 20.3. The smallest absolute Gasteiger partial charge is 0.268 e. The number of aromatic amines is 1. The van der Waals surface area contributed by atoms with Gasteiger partial charge < -0.3 is 15.5 Å². The quantitative estimate of drug-likeness (QED) is 0.723. The van der Waals surface area contributed by atoms with Crippen LogP contribution >= 0.6 is 0 Å². The van der Waals surface area contributed by atoms with E-state index >= 15 is 0 Å². The van der Waals surface area contributed by atoms with Crippen LogP contribution in [0.3, 0.4) is 0 Å². The van der Waals surface area contributed by atoms with Gasteiger partial charge in [-0.3, -0.25) is 4.79 Å². The third kappa shape index (κ3) is 3.39. The van der Waals surface area contributed by atoms with E-state index in [9.17, 15) is 24.1 Å². The Morgan fingerprint density at radius 3 is 2.50 bits per heavy atom. The van der Waals surface area contributed by atoms with Gasteiger partial charge in [0, 0.05) is 11.6 Å². The molecule has 1 aromatic heterocycles. The highest BCUT2D eigenvalue weighted by molar-refractivity contribution is 5.81. The van der Waals surface area contributed by atoms with E-state index in [1.165, 1.54) is 0 Å². The molecule has 0 unspecified atom stereocenters. The summed E-state index contributed by atoms with van der Waals surface area (Å²) in [4.78, 5) is 14.4. The van der Waals surface area contributed by atoms with Gasteiger partial charge in [-0.05, 0) is 23.3 Å². The van der Waals surface area contributed by atoms with Crippen LogP contribution in [0.15, 0.2) is 47.3 Å². The number of nitrogens with one attached hydrogen (secondary N) is 1. The number of aromatic nitrogens is 1. The molecular weight excluding hydrogens is 366 g/mol. The van der Waals surface area contributed by atoms with Crippen LogP contribution in [0, 0.1) is 34.3 Å². The molecule has 6 nitrogen and oxygen atoms in total. The topological polar surface area (TPSA) is 116 Å². The highest BCUT2D eigenvalue weighted by Crippen LogP contribution is 2.31. The Kier molecular flexibility index (Phi) is 5.05. The Morgan fingerprint density at radius 2 is 1.79 bits per heavy atom. The van der Waals surface area contributed by atoms with E-state index in [1.54, 1.807) is 30.3 Å². The zero-order valence-corrected chi connectivity index (χ0v) is 14.3. The number of H-pyrrole nitrogens is 1. The molecule has 138 valence electrons. The maximum absolute atomic E-state index is 13.8. The molecule has 3 aromatic rings. The molecule has 0 amide bonds. The average Bonchev–Trinajstić information content (AvgIpc) is 2.68. The molecule has 0 spiro atoms. The van der Waals surface area contributed by atoms with Crippen molar-refractivity contribution in [3.05, 3.63) is 81.1 Å². The molecule has 1 heterocycles. The SMILES string of the molecule is N#Cc1c(N)[nH]c(=O)c(C#N)c1-c1ccccc1COc1cc(F)ccc1F. The van der Waals surface area contributed by atoms with Crippen LogP contribution in [0.5, 0.6) is 5.75 Å². The summed E-state index contributed by atoms with van der Waals surface area (Å²) in [7, 11) is 0. The number of halogens is 2. The minimum atomic E-state index is -0.741. The number of pyridine rings is 1. The lowest BCUT2D eigenvalue weighted by atomic mass is 9.93. The molecule has 0 aliphatic carbocycles. The summed E-state index contributed by atoms with van der Waals surface area (Å²) in [5.74, 6) is -1.87. The largest absolute Gasteiger partial charge is 0.486 e. The molecule has 0 fully saturated rings. The number of nitrogens with two attached hydrogens (primary N) is 1. The van der Waals surface area contributed by atoms with Crippen molar-refractivity contribution in [3.8, 4) is 29.0 Å². The number of nitrogens with zero attached hydrogens (tertiary/aromatic N) is 2. The van der Waals surface area contributed by atoms with Gasteiger partial charge in [-0.15, -0.1) is 0 Å². The van der Waals surface area contributed by atoms with Gasteiger partial charge in [0.05, 0.1) is 0 Å². The van der Waals surface area contributed by atoms with Gasteiger partial charge in [0.1, 0.15) is 41.5 Å². The standard InChI is InChI=1S/C20H12F2N4O2/c21-12-5-6-16(22)17(7-12)28-10-11-3-1-2-4-13(11)18-14(8-23)19(25)26-20(27)15(18)9-24/h1-7H,10H2,(H3,25,26,27). The lowest BCUT2D eigenvalue weighted by Crippen LogP contribution is -2.17. The van der Waals surface area contributed by atoms with Gasteiger partial charge >= 0.3 is 0 Å². The van der Waals surface area contributed by atoms with Crippen molar-refractivity contribution in [1.29, 1.82) is 10.5 Å². The Morgan fingerprint density at radius 1 is 1.07 bits per heavy atom. The molecule has 28 heavy (non-hydrogen) atoms. The van der Waals surface area contributed by atoms with Crippen molar-refractivity contribution in [2.24, 2.45) is 0 Å². The summed E-state index contributed by atoms with van der Waals surface area (Å²) in [6, 6.07) is 13.0. The molecule has 3 rings (SSSR count). The molecule has 0 atom stereocenters. The number of nitriles is 2. The van der Waals surface area contributed by atoms with Gasteiger partial charge in [-0.2, -0.15) is 10.5 Å². The number of hydrogen-bond donors (Lipinski definition) is 2. The predicted molar refractivity (Wildman–Crippen MR) is 97.0 cm³/mol. The van der Waals surface area contributed by atoms with Gasteiger partial charge in [-0.1, -0.05) is 24.3 Å². The second-order valence-electron chi connectivity index (χ2n) is 5.74. The van der Waals surface area contributed by atoms with Crippen molar-refractivity contribution in [2.75, 3.05) is 5.73 Å². The van der Waals surface area contributed by atoms with Crippen LogP contribution in [0.4, 0.5) is 14.6 Å². The van der Waals surface area contributed by atoms with Gasteiger partial charge in [0.2, 0.25) is 0 Å². The first-order chi connectivity index (χ1) is 13.5. The van der Waals surface area contributed by atoms with Crippen molar-refractivity contribution in [2.45, 2.75) is 6.61 Å². The fourth-order valence-corrected chi connectivity index (χ4v) is 2.75. The van der Waals surface area contributed by atoms with E-state index in [4.69, 9.17) is 10.5 Å². The minimum absolute atomic E-state index is 0.0603. The monoisotopic (exact) mass is 378 g/mol. The van der Waals surface area contributed by atoms with Gasteiger partial charge in [-0.25, -0.2) is 8.78 Å². The molecule has 0 saturated heterocycles. The molecular formula is C20H12F2N4O2. The molecule has 0 bridgehead atoms. The third-order valence-electron chi connectivity index (χ3n) is 4.03. The number of hydrogen-bond acceptors (Lipinski definition) is 5. The first kappa shape index (κ1) is 18.6. The molecule has 3 N–H and O–H groups in total. The van der Waals surface area contributed by atoms with Crippen LogP contribution in [0.25, 0.3) is 11.1 Å². The van der Waals surface area contributed by atoms with Crippen molar-refractivity contribution >= 4 is 5.82 Å². The molecule has 0 aliphatic rings. The summed E-state index contributed by atoms with van der Waals surface area (Å²) in [6.07, 6.45) is 0. The first-order valence-corrected chi connectivity index (χ1v) is 7.98. The fraction of sp³-hybridized carbons (Fsp3) is 0.0500. The molecule has 0 saturated carbocycles. The van der Waals surface area contributed by atoms with E-state index < -0.39 is 17.2 Å². The van der Waals surface area contributed by atoms with Crippen LogP contribution in [-0.2, 0) is 6.61 Å². The first-order valence-electron chi connectivity index (χ1n) is 7.98. The molecule has 0 aliphatic heterocycles. The molecule has 2 aromatic carbocycles.